The number of hydrogen-bond acceptors (Lipinski definition) is 3. The smallest absolute Gasteiger partial charge is 0.225 e. The van der Waals surface area contributed by atoms with Crippen molar-refractivity contribution in [1.82, 2.24) is 10.2 Å². The van der Waals surface area contributed by atoms with E-state index in [0.717, 1.165) is 18.6 Å². The lowest BCUT2D eigenvalue weighted by Crippen LogP contribution is -2.40. The van der Waals surface area contributed by atoms with Crippen LogP contribution in [0.1, 0.15) is 57.1 Å². The Bertz CT molecular complexity index is 518. The molecule has 0 radical (unpaired) electrons. The first-order chi connectivity index (χ1) is 11.2. The molecule has 0 aromatic carbocycles. The molecule has 2 fully saturated rings. The molecule has 1 saturated carbocycles. The van der Waals surface area contributed by atoms with Crippen LogP contribution in [0.15, 0.2) is 22.8 Å². The Balaban J connectivity index is 1.50. The highest BCUT2D eigenvalue weighted by Gasteiger charge is 2.35. The standard InChI is InChI=1S/C18H26N2O3/c21-17-11-14(12-20(17)13-16-9-6-10-23-16)18(22)19-15-7-4-2-1-3-5-8-15/h6,9-10,14-15H,1-5,7-8,11-13H2,(H,19,22)/t14-/m1/s1. The number of furan rings is 1. The first-order valence-electron chi connectivity index (χ1n) is 8.83. The predicted molar refractivity (Wildman–Crippen MR) is 86.5 cm³/mol. The van der Waals surface area contributed by atoms with Gasteiger partial charge in [0.15, 0.2) is 0 Å². The van der Waals surface area contributed by atoms with Gasteiger partial charge in [0.05, 0.1) is 18.7 Å². The second-order valence-electron chi connectivity index (χ2n) is 6.81. The third-order valence-corrected chi connectivity index (χ3v) is 4.96. The van der Waals surface area contributed by atoms with Gasteiger partial charge in [-0.25, -0.2) is 0 Å². The summed E-state index contributed by atoms with van der Waals surface area (Å²) in [7, 11) is 0. The SMILES string of the molecule is O=C(NC1CCCCCCC1)[C@@H]1CC(=O)N(Cc2ccco2)C1. The van der Waals surface area contributed by atoms with Gasteiger partial charge < -0.3 is 14.6 Å². The normalized spacial score (nSPS) is 23.6. The largest absolute Gasteiger partial charge is 0.467 e. The molecule has 1 atom stereocenters. The molecule has 1 N–H and O–H groups in total. The monoisotopic (exact) mass is 318 g/mol. The maximum atomic E-state index is 12.5. The van der Waals surface area contributed by atoms with E-state index in [1.54, 1.807) is 11.2 Å². The number of rotatable bonds is 4. The van der Waals surface area contributed by atoms with Crippen molar-refractivity contribution >= 4 is 11.8 Å². The Morgan fingerprint density at radius 2 is 1.96 bits per heavy atom. The van der Waals surface area contributed by atoms with Gasteiger partial charge in [-0.1, -0.05) is 32.1 Å². The first-order valence-corrected chi connectivity index (χ1v) is 8.83. The third kappa shape index (κ3) is 4.36. The lowest BCUT2D eigenvalue weighted by Gasteiger charge is -2.22. The Kier molecular flexibility index (Phi) is 5.36. The number of nitrogens with one attached hydrogen (secondary N) is 1. The van der Waals surface area contributed by atoms with E-state index in [9.17, 15) is 9.59 Å². The molecule has 2 amide bonds. The fraction of sp³-hybridized carbons (Fsp3) is 0.667. The zero-order valence-electron chi connectivity index (χ0n) is 13.6. The minimum atomic E-state index is -0.220. The highest BCUT2D eigenvalue weighted by molar-refractivity contribution is 5.89. The van der Waals surface area contributed by atoms with E-state index >= 15 is 0 Å². The summed E-state index contributed by atoms with van der Waals surface area (Å²) in [6.07, 6.45) is 10.3. The molecule has 0 unspecified atom stereocenters. The van der Waals surface area contributed by atoms with Crippen molar-refractivity contribution in [2.75, 3.05) is 6.54 Å². The molecule has 1 aliphatic heterocycles. The number of carbonyl (C=O) groups is 2. The van der Waals surface area contributed by atoms with Gasteiger partial charge in [-0.15, -0.1) is 0 Å². The molecular weight excluding hydrogens is 292 g/mol. The summed E-state index contributed by atoms with van der Waals surface area (Å²) in [6, 6.07) is 3.96. The molecule has 1 aliphatic carbocycles. The van der Waals surface area contributed by atoms with E-state index in [1.807, 2.05) is 12.1 Å². The molecule has 2 aliphatic rings. The van der Waals surface area contributed by atoms with E-state index in [4.69, 9.17) is 4.42 Å². The first kappa shape index (κ1) is 16.1. The number of nitrogens with zero attached hydrogens (tertiary/aromatic N) is 1. The van der Waals surface area contributed by atoms with Gasteiger partial charge in [0.2, 0.25) is 11.8 Å². The van der Waals surface area contributed by atoms with E-state index < -0.39 is 0 Å². The minimum absolute atomic E-state index is 0.0409. The number of likely N-dealkylation sites (tertiary alicyclic amines) is 1. The van der Waals surface area contributed by atoms with Gasteiger partial charge in [-0.05, 0) is 25.0 Å². The number of hydrogen-bond donors (Lipinski definition) is 1. The van der Waals surface area contributed by atoms with Gasteiger partial charge in [0.1, 0.15) is 5.76 Å². The van der Waals surface area contributed by atoms with Crippen LogP contribution in [0.25, 0.3) is 0 Å². The molecule has 1 aromatic heterocycles. The average Bonchev–Trinajstić information content (AvgIpc) is 3.13. The summed E-state index contributed by atoms with van der Waals surface area (Å²) in [5.74, 6) is 0.632. The number of amides is 2. The average molecular weight is 318 g/mol. The quantitative estimate of drug-likeness (QED) is 0.928. The Morgan fingerprint density at radius 3 is 2.65 bits per heavy atom. The molecule has 2 heterocycles. The second kappa shape index (κ2) is 7.66. The number of carbonyl (C=O) groups excluding carboxylic acids is 2. The molecular formula is C18H26N2O3. The molecule has 5 heteroatoms. The topological polar surface area (TPSA) is 62.6 Å². The van der Waals surface area contributed by atoms with Crippen molar-refractivity contribution < 1.29 is 14.0 Å². The van der Waals surface area contributed by atoms with E-state index in [-0.39, 0.29) is 23.8 Å². The van der Waals surface area contributed by atoms with Crippen LogP contribution in [0.4, 0.5) is 0 Å². The molecule has 1 aromatic rings. The summed E-state index contributed by atoms with van der Waals surface area (Å²) in [6.45, 7) is 0.955. The zero-order chi connectivity index (χ0) is 16.1. The summed E-state index contributed by atoms with van der Waals surface area (Å²) in [5.41, 5.74) is 0. The van der Waals surface area contributed by atoms with Crippen molar-refractivity contribution in [2.24, 2.45) is 5.92 Å². The van der Waals surface area contributed by atoms with Crippen LogP contribution in [0.3, 0.4) is 0 Å². The van der Waals surface area contributed by atoms with Gasteiger partial charge in [0.25, 0.3) is 0 Å². The van der Waals surface area contributed by atoms with Crippen LogP contribution in [0.5, 0.6) is 0 Å². The Morgan fingerprint density at radius 1 is 1.22 bits per heavy atom. The summed E-state index contributed by atoms with van der Waals surface area (Å²) in [4.78, 5) is 26.3. The van der Waals surface area contributed by atoms with E-state index in [1.165, 1.54) is 32.1 Å². The van der Waals surface area contributed by atoms with Gasteiger partial charge in [0, 0.05) is 19.0 Å². The molecule has 126 valence electrons. The van der Waals surface area contributed by atoms with E-state index in [0.29, 0.717) is 19.5 Å². The highest BCUT2D eigenvalue weighted by atomic mass is 16.3. The van der Waals surface area contributed by atoms with Crippen molar-refractivity contribution in [3.8, 4) is 0 Å². The molecule has 0 bridgehead atoms. The van der Waals surface area contributed by atoms with E-state index in [2.05, 4.69) is 5.32 Å². The minimum Gasteiger partial charge on any atom is -0.467 e. The van der Waals surface area contributed by atoms with Crippen LogP contribution in [-0.4, -0.2) is 29.3 Å². The fourth-order valence-corrected chi connectivity index (χ4v) is 3.61. The summed E-state index contributed by atoms with van der Waals surface area (Å²) >= 11 is 0. The maximum absolute atomic E-state index is 12.5. The Labute approximate surface area is 137 Å². The van der Waals surface area contributed by atoms with Gasteiger partial charge in [-0.2, -0.15) is 0 Å². The van der Waals surface area contributed by atoms with Crippen molar-refractivity contribution in [1.29, 1.82) is 0 Å². The van der Waals surface area contributed by atoms with Crippen molar-refractivity contribution in [3.63, 3.8) is 0 Å². The highest BCUT2D eigenvalue weighted by Crippen LogP contribution is 2.22. The molecule has 0 spiro atoms. The third-order valence-electron chi connectivity index (χ3n) is 4.96. The van der Waals surface area contributed by atoms with Gasteiger partial charge >= 0.3 is 0 Å². The second-order valence-corrected chi connectivity index (χ2v) is 6.81. The Hall–Kier alpha value is -1.78. The molecule has 1 saturated heterocycles. The van der Waals surface area contributed by atoms with Crippen LogP contribution in [-0.2, 0) is 16.1 Å². The summed E-state index contributed by atoms with van der Waals surface area (Å²) in [5, 5.41) is 3.19. The van der Waals surface area contributed by atoms with Crippen LogP contribution in [0, 0.1) is 5.92 Å². The van der Waals surface area contributed by atoms with Crippen molar-refractivity contribution in [2.45, 2.75) is 64.0 Å². The van der Waals surface area contributed by atoms with Crippen LogP contribution < -0.4 is 5.32 Å². The fourth-order valence-electron chi connectivity index (χ4n) is 3.61. The predicted octanol–water partition coefficient (Wildman–Crippen LogP) is 2.86. The molecule has 23 heavy (non-hydrogen) atoms. The van der Waals surface area contributed by atoms with Crippen LogP contribution >= 0.6 is 0 Å². The molecule has 5 nitrogen and oxygen atoms in total. The summed E-state index contributed by atoms with van der Waals surface area (Å²) < 4.78 is 5.29. The lowest BCUT2D eigenvalue weighted by molar-refractivity contribution is -0.129. The van der Waals surface area contributed by atoms with Gasteiger partial charge in [-0.3, -0.25) is 9.59 Å². The lowest BCUT2D eigenvalue weighted by atomic mass is 9.96. The van der Waals surface area contributed by atoms with Crippen molar-refractivity contribution in [3.05, 3.63) is 24.2 Å². The van der Waals surface area contributed by atoms with Crippen LogP contribution in [0.2, 0.25) is 0 Å². The molecule has 3 rings (SSSR count). The maximum Gasteiger partial charge on any atom is 0.225 e. The zero-order valence-corrected chi connectivity index (χ0v) is 13.6.